The number of benzene rings is 11. The van der Waals surface area contributed by atoms with Crippen LogP contribution in [0.1, 0.15) is 107 Å². The Morgan fingerprint density at radius 2 is 0.944 bits per heavy atom. The molecule has 0 radical (unpaired) electrons. The molecule has 6 heteroatoms. The first-order valence-corrected chi connectivity index (χ1v) is 31.8. The molecule has 2 aliphatic rings. The molecule has 0 fully saturated rings. The predicted octanol–water partition coefficient (Wildman–Crippen LogP) is 21.3. The van der Waals surface area contributed by atoms with Crippen LogP contribution in [0.5, 0.6) is 0 Å². The van der Waals surface area contributed by atoms with Gasteiger partial charge >= 0.3 is 0 Å². The molecule has 0 N–H and O–H groups in total. The van der Waals surface area contributed by atoms with Gasteiger partial charge in [0.2, 0.25) is 0 Å². The van der Waals surface area contributed by atoms with Gasteiger partial charge in [0.25, 0.3) is 6.71 Å². The van der Waals surface area contributed by atoms with E-state index in [1.54, 1.807) is 0 Å². The van der Waals surface area contributed by atoms with Crippen molar-refractivity contribution in [1.82, 2.24) is 4.57 Å². The van der Waals surface area contributed by atoms with Crippen LogP contribution in [0.3, 0.4) is 0 Å². The Bertz CT molecular complexity index is 4990. The molecule has 5 nitrogen and oxygen atoms in total. The molecule has 15 rings (SSSR count). The molecular formula is C83H77BN4O. The summed E-state index contributed by atoms with van der Waals surface area (Å²) < 4.78 is 8.91. The average Bonchev–Trinajstić information content (AvgIpc) is 1.42. The van der Waals surface area contributed by atoms with E-state index in [2.05, 4.69) is 322 Å². The van der Waals surface area contributed by atoms with Gasteiger partial charge in [-0.05, 0) is 226 Å². The number of para-hydroxylation sites is 3. The highest BCUT2D eigenvalue weighted by Crippen LogP contribution is 2.50. The van der Waals surface area contributed by atoms with Crippen molar-refractivity contribution in [1.29, 1.82) is 0 Å². The van der Waals surface area contributed by atoms with E-state index in [-0.39, 0.29) is 23.0 Å². The molecule has 0 unspecified atom stereocenters. The van der Waals surface area contributed by atoms with E-state index in [9.17, 15) is 0 Å². The van der Waals surface area contributed by atoms with Crippen molar-refractivity contribution in [3.05, 3.63) is 257 Å². The summed E-state index contributed by atoms with van der Waals surface area (Å²) in [5.74, 6) is 0. The van der Waals surface area contributed by atoms with Crippen molar-refractivity contribution in [2.24, 2.45) is 0 Å². The first kappa shape index (κ1) is 56.0. The highest BCUT2D eigenvalue weighted by atomic mass is 16.3. The van der Waals surface area contributed by atoms with Gasteiger partial charge in [0.15, 0.2) is 0 Å². The van der Waals surface area contributed by atoms with Gasteiger partial charge in [0, 0.05) is 72.7 Å². The Balaban J connectivity index is 0.971. The summed E-state index contributed by atoms with van der Waals surface area (Å²) in [7, 11) is 0. The summed E-state index contributed by atoms with van der Waals surface area (Å²) in [6.45, 7) is 32.3. The highest BCUT2D eigenvalue weighted by molar-refractivity contribution is 7.00. The van der Waals surface area contributed by atoms with Gasteiger partial charge in [0.05, 0.1) is 16.7 Å². The molecule has 0 saturated carbocycles. The molecule has 0 spiro atoms. The van der Waals surface area contributed by atoms with Crippen molar-refractivity contribution >= 4 is 118 Å². The monoisotopic (exact) mass is 1160 g/mol. The third-order valence-corrected chi connectivity index (χ3v) is 19.3. The minimum Gasteiger partial charge on any atom is -0.456 e. The zero-order chi connectivity index (χ0) is 61.7. The van der Waals surface area contributed by atoms with Crippen LogP contribution in [0.2, 0.25) is 0 Å². The number of aromatic nitrogens is 1. The first-order valence-electron chi connectivity index (χ1n) is 31.8. The molecule has 0 atom stereocenters. The third kappa shape index (κ3) is 9.11. The smallest absolute Gasteiger partial charge is 0.252 e. The molecule has 13 aromatic rings. The van der Waals surface area contributed by atoms with Gasteiger partial charge in [-0.25, -0.2) is 0 Å². The molecule has 11 aromatic carbocycles. The van der Waals surface area contributed by atoms with Crippen LogP contribution in [-0.4, -0.2) is 11.3 Å². The van der Waals surface area contributed by atoms with Crippen molar-refractivity contribution in [3.63, 3.8) is 0 Å². The van der Waals surface area contributed by atoms with E-state index in [1.165, 1.54) is 117 Å². The quantitative estimate of drug-likeness (QED) is 0.149. The fourth-order valence-electron chi connectivity index (χ4n) is 14.9. The average molecular weight is 1160 g/mol. The van der Waals surface area contributed by atoms with Crippen molar-refractivity contribution < 1.29 is 4.42 Å². The second kappa shape index (κ2) is 20.3. The van der Waals surface area contributed by atoms with E-state index in [0.29, 0.717) is 0 Å². The van der Waals surface area contributed by atoms with Gasteiger partial charge in [-0.2, -0.15) is 0 Å². The summed E-state index contributed by atoms with van der Waals surface area (Å²) in [6, 6.07) is 80.6. The predicted molar refractivity (Wildman–Crippen MR) is 382 cm³/mol. The molecular weight excluding hydrogens is 1080 g/mol. The summed E-state index contributed by atoms with van der Waals surface area (Å²) in [6.07, 6.45) is 0. The fourth-order valence-corrected chi connectivity index (χ4v) is 14.9. The highest BCUT2D eigenvalue weighted by Gasteiger charge is 2.44. The van der Waals surface area contributed by atoms with Crippen molar-refractivity contribution in [3.8, 4) is 16.8 Å². The van der Waals surface area contributed by atoms with Crippen LogP contribution < -0.4 is 31.1 Å². The maximum Gasteiger partial charge on any atom is 0.252 e. The van der Waals surface area contributed by atoms with Crippen LogP contribution in [-0.2, 0) is 16.2 Å². The Morgan fingerprint density at radius 3 is 1.63 bits per heavy atom. The molecule has 0 amide bonds. The van der Waals surface area contributed by atoms with Gasteiger partial charge in [-0.1, -0.05) is 172 Å². The standard InChI is InChI=1S/C83H77BN4O/c1-50-40-74-79-75(41-50)88(63-44-51(2)78(52(3)45-63)55-28-36-67-66-25-19-21-27-76(66)89-77(67)46-55)71-39-31-57(82(9,10)11)47-69(71)84(79)68-38-35-62(49-73(68)87(74)60-32-29-56(30-33-60)81(6,7)8)85(80-53(4)42-58(43-54(80)5)83(12,13)14)61-34-37-65-64-24-18-20-26-70(64)86(72(65)48-61)59-22-16-15-17-23-59/h15-49H,1-14H3. The minimum absolute atomic E-state index is 0.0217. The number of nitrogens with zero attached hydrogens (tertiary/aromatic N) is 4. The first-order chi connectivity index (χ1) is 42.6. The Labute approximate surface area is 525 Å². The van der Waals surface area contributed by atoms with Crippen LogP contribution in [0, 0.1) is 34.6 Å². The second-order valence-corrected chi connectivity index (χ2v) is 28.6. The van der Waals surface area contributed by atoms with Gasteiger partial charge < -0.3 is 23.7 Å². The molecule has 4 heterocycles. The maximum absolute atomic E-state index is 6.47. The molecule has 89 heavy (non-hydrogen) atoms. The number of furan rings is 1. The van der Waals surface area contributed by atoms with E-state index >= 15 is 0 Å². The Morgan fingerprint density at radius 1 is 0.371 bits per heavy atom. The molecule has 0 bridgehead atoms. The molecule has 438 valence electrons. The largest absolute Gasteiger partial charge is 0.456 e. The SMILES string of the molecule is Cc1cc2c3c(c1)N(c1ccc(C(C)(C)C)cc1)c1cc(N(c4ccc5c6ccccc6n(-c6ccccc6)c5c4)c4c(C)cc(C(C)(C)C)cc4C)ccc1B3c1cc(C(C)(C)C)ccc1N2c1cc(C)c(-c2ccc3c(c2)oc2ccccc23)c(C)c1. The van der Waals surface area contributed by atoms with E-state index in [0.717, 1.165) is 55.9 Å². The number of anilines is 9. The van der Waals surface area contributed by atoms with Crippen LogP contribution in [0.15, 0.2) is 217 Å². The van der Waals surface area contributed by atoms with E-state index in [4.69, 9.17) is 4.42 Å². The molecule has 2 aliphatic heterocycles. The molecule has 0 saturated heterocycles. The van der Waals surface area contributed by atoms with Gasteiger partial charge in [0.1, 0.15) is 11.2 Å². The number of rotatable bonds is 7. The summed E-state index contributed by atoms with van der Waals surface area (Å²) in [4.78, 5) is 7.73. The van der Waals surface area contributed by atoms with Crippen LogP contribution in [0.25, 0.3) is 60.6 Å². The fraction of sp³-hybridized carbons (Fsp3) is 0.205. The summed E-state index contributed by atoms with van der Waals surface area (Å²) >= 11 is 0. The number of hydrogen-bond donors (Lipinski definition) is 0. The maximum atomic E-state index is 6.47. The number of aryl methyl sites for hydroxylation is 5. The van der Waals surface area contributed by atoms with E-state index < -0.39 is 0 Å². The zero-order valence-electron chi connectivity index (χ0n) is 54.0. The number of fused-ring (bicyclic) bond motifs is 10. The van der Waals surface area contributed by atoms with Crippen molar-refractivity contribution in [2.45, 2.75) is 113 Å². The van der Waals surface area contributed by atoms with Gasteiger partial charge in [-0.15, -0.1) is 0 Å². The Kier molecular flexibility index (Phi) is 12.8. The van der Waals surface area contributed by atoms with Crippen LogP contribution in [0.4, 0.5) is 51.2 Å². The third-order valence-electron chi connectivity index (χ3n) is 19.3. The van der Waals surface area contributed by atoms with Crippen LogP contribution >= 0.6 is 0 Å². The molecule has 2 aromatic heterocycles. The summed E-state index contributed by atoms with van der Waals surface area (Å²) in [5, 5.41) is 4.75. The van der Waals surface area contributed by atoms with Crippen molar-refractivity contribution in [2.75, 3.05) is 14.7 Å². The topological polar surface area (TPSA) is 27.8 Å². The summed E-state index contributed by atoms with van der Waals surface area (Å²) in [5.41, 5.74) is 31.9. The lowest BCUT2D eigenvalue weighted by Crippen LogP contribution is -2.61. The Hall–Kier alpha value is -9.52. The number of hydrogen-bond acceptors (Lipinski definition) is 4. The van der Waals surface area contributed by atoms with Gasteiger partial charge in [-0.3, -0.25) is 0 Å². The second-order valence-electron chi connectivity index (χ2n) is 28.6. The lowest BCUT2D eigenvalue weighted by Gasteiger charge is -2.45. The normalized spacial score (nSPS) is 13.2. The zero-order valence-corrected chi connectivity index (χ0v) is 54.0. The van der Waals surface area contributed by atoms with E-state index in [1.807, 2.05) is 6.07 Å². The lowest BCUT2D eigenvalue weighted by molar-refractivity contribution is 0.589. The molecule has 0 aliphatic carbocycles. The lowest BCUT2D eigenvalue weighted by atomic mass is 9.33. The minimum atomic E-state index is -0.0969.